The molecule has 3 aromatic heterocycles. The summed E-state index contributed by atoms with van der Waals surface area (Å²) in [6, 6.07) is 8.06. The Morgan fingerprint density at radius 3 is 2.47 bits per heavy atom. The Morgan fingerprint density at radius 2 is 1.47 bits per heavy atom. The fourth-order valence-electron chi connectivity index (χ4n) is 2.92. The van der Waals surface area contributed by atoms with Gasteiger partial charge >= 0.3 is 0 Å². The Kier molecular flexibility index (Phi) is 1.47. The smallest absolute Gasteiger partial charge is 0.142 e. The number of hydrogen-bond donors (Lipinski definition) is 0. The molecule has 0 aliphatic heterocycles. The summed E-state index contributed by atoms with van der Waals surface area (Å²) in [4.78, 5) is 0. The van der Waals surface area contributed by atoms with Gasteiger partial charge in [-0.25, -0.2) is 0 Å². The van der Waals surface area contributed by atoms with E-state index in [-0.39, 0.29) is 0 Å². The molecule has 0 atom stereocenters. The summed E-state index contributed by atoms with van der Waals surface area (Å²) in [6.45, 7) is 0. The third kappa shape index (κ3) is 0.993. The van der Waals surface area contributed by atoms with Gasteiger partial charge in [-0.1, -0.05) is 6.07 Å². The van der Waals surface area contributed by atoms with Gasteiger partial charge in [-0.15, -0.1) is 0 Å². The van der Waals surface area contributed by atoms with Crippen molar-refractivity contribution in [2.45, 2.75) is 0 Å². The van der Waals surface area contributed by atoms with Crippen LogP contribution in [0.1, 0.15) is 0 Å². The molecule has 0 fully saturated rings. The number of fused-ring (bicyclic) bond motifs is 8. The first-order valence-electron chi connectivity index (χ1n) is 6.08. The van der Waals surface area contributed by atoms with Gasteiger partial charge in [-0.3, -0.25) is 0 Å². The van der Waals surface area contributed by atoms with E-state index in [0.717, 1.165) is 43.5 Å². The average molecular weight is 248 g/mol. The van der Waals surface area contributed by atoms with Crippen molar-refractivity contribution in [2.75, 3.05) is 0 Å². The summed E-state index contributed by atoms with van der Waals surface area (Å²) in [7, 11) is 0. The van der Waals surface area contributed by atoms with Crippen molar-refractivity contribution in [1.82, 2.24) is 0 Å². The first kappa shape index (κ1) is 9.28. The average Bonchev–Trinajstić information content (AvgIpc) is 3.17. The topological polar surface area (TPSA) is 39.4 Å². The van der Waals surface area contributed by atoms with Crippen LogP contribution in [0.2, 0.25) is 0 Å². The highest BCUT2D eigenvalue weighted by Gasteiger charge is 2.15. The van der Waals surface area contributed by atoms with Crippen molar-refractivity contribution < 1.29 is 13.3 Å². The van der Waals surface area contributed by atoms with Crippen LogP contribution >= 0.6 is 0 Å². The van der Waals surface area contributed by atoms with Gasteiger partial charge in [-0.2, -0.15) is 0 Å². The van der Waals surface area contributed by atoms with Gasteiger partial charge in [0.25, 0.3) is 0 Å². The van der Waals surface area contributed by atoms with Gasteiger partial charge < -0.3 is 13.3 Å². The maximum atomic E-state index is 5.65. The fraction of sp³-hybridized carbons (Fsp3) is 0. The maximum absolute atomic E-state index is 5.65. The molecule has 0 aliphatic carbocycles. The van der Waals surface area contributed by atoms with Gasteiger partial charge in [0.2, 0.25) is 0 Å². The molecule has 0 unspecified atom stereocenters. The molecular formula is C16H8O3. The third-order valence-electron chi connectivity index (χ3n) is 3.75. The molecule has 3 heterocycles. The van der Waals surface area contributed by atoms with Crippen LogP contribution in [0.4, 0.5) is 0 Å². The molecule has 5 aromatic rings. The van der Waals surface area contributed by atoms with E-state index in [2.05, 4.69) is 12.1 Å². The third-order valence-corrected chi connectivity index (χ3v) is 3.75. The molecule has 19 heavy (non-hydrogen) atoms. The van der Waals surface area contributed by atoms with Crippen LogP contribution in [0, 0.1) is 0 Å². The largest absolute Gasteiger partial charge is 0.471 e. The van der Waals surface area contributed by atoms with Crippen molar-refractivity contribution in [3.8, 4) is 0 Å². The van der Waals surface area contributed by atoms with E-state index >= 15 is 0 Å². The summed E-state index contributed by atoms with van der Waals surface area (Å²) in [6.07, 6.45) is 6.95. The zero-order valence-corrected chi connectivity index (χ0v) is 9.84. The first-order valence-corrected chi connectivity index (χ1v) is 6.08. The lowest BCUT2D eigenvalue weighted by atomic mass is 10.0. The van der Waals surface area contributed by atoms with Gasteiger partial charge in [0.05, 0.1) is 25.1 Å². The molecule has 0 amide bonds. The predicted molar refractivity (Wildman–Crippen MR) is 73.3 cm³/mol. The van der Waals surface area contributed by atoms with Gasteiger partial charge in [-0.05, 0) is 18.2 Å². The molecular weight excluding hydrogens is 240 g/mol. The highest BCUT2D eigenvalue weighted by atomic mass is 16.3. The second kappa shape index (κ2) is 3.01. The summed E-state index contributed by atoms with van der Waals surface area (Å²) in [5.74, 6) is 0. The minimum Gasteiger partial charge on any atom is -0.471 e. The number of hydrogen-bond acceptors (Lipinski definition) is 3. The van der Waals surface area contributed by atoms with E-state index < -0.39 is 0 Å². The van der Waals surface area contributed by atoms with Crippen molar-refractivity contribution >= 4 is 43.5 Å². The molecule has 90 valence electrons. The Labute approximate surface area is 107 Å². The number of furan rings is 3. The molecule has 0 saturated heterocycles. The molecule has 0 bridgehead atoms. The lowest BCUT2D eigenvalue weighted by Crippen LogP contribution is -1.77. The van der Waals surface area contributed by atoms with E-state index in [9.17, 15) is 0 Å². The molecule has 5 rings (SSSR count). The van der Waals surface area contributed by atoms with Crippen LogP contribution in [0.3, 0.4) is 0 Å². The number of benzene rings is 2. The van der Waals surface area contributed by atoms with Crippen LogP contribution in [-0.2, 0) is 0 Å². The maximum Gasteiger partial charge on any atom is 0.142 e. The van der Waals surface area contributed by atoms with E-state index in [1.165, 1.54) is 0 Å². The zero-order valence-electron chi connectivity index (χ0n) is 9.84. The summed E-state index contributed by atoms with van der Waals surface area (Å²) in [5.41, 5.74) is 1.75. The second-order valence-corrected chi connectivity index (χ2v) is 4.69. The lowest BCUT2D eigenvalue weighted by molar-refractivity contribution is 0.572. The minimum atomic E-state index is 0.877. The molecule has 0 radical (unpaired) electrons. The Hall–Kier alpha value is -2.68. The zero-order chi connectivity index (χ0) is 12.4. The standard InChI is InChI=1S/C16H8O3/c1-2-11-14(15-9(1)3-5-18-15)13-8-17-7-12(13)10-4-6-19-16(10)11/h1-8H. The normalized spacial score (nSPS) is 12.2. The monoisotopic (exact) mass is 248 g/mol. The van der Waals surface area contributed by atoms with Crippen molar-refractivity contribution in [2.24, 2.45) is 0 Å². The van der Waals surface area contributed by atoms with E-state index in [1.54, 1.807) is 25.1 Å². The van der Waals surface area contributed by atoms with Crippen molar-refractivity contribution in [3.63, 3.8) is 0 Å². The van der Waals surface area contributed by atoms with Crippen molar-refractivity contribution in [1.29, 1.82) is 0 Å². The van der Waals surface area contributed by atoms with Crippen LogP contribution in [-0.4, -0.2) is 0 Å². The van der Waals surface area contributed by atoms with E-state index in [1.807, 2.05) is 12.1 Å². The Bertz CT molecular complexity index is 1060. The van der Waals surface area contributed by atoms with Crippen LogP contribution < -0.4 is 0 Å². The number of rotatable bonds is 0. The Balaban J connectivity index is 2.30. The van der Waals surface area contributed by atoms with Gasteiger partial charge in [0.1, 0.15) is 11.2 Å². The highest BCUT2D eigenvalue weighted by Crippen LogP contribution is 2.39. The Morgan fingerprint density at radius 1 is 0.632 bits per heavy atom. The molecule has 3 heteroatoms. The minimum absolute atomic E-state index is 0.877. The quantitative estimate of drug-likeness (QED) is 0.383. The molecule has 2 aromatic carbocycles. The predicted octanol–water partition coefficient (Wildman–Crippen LogP) is 5.08. The SMILES string of the molecule is c1cc2c3cocc3c3c(ccc4ccoc43)c2o1. The van der Waals surface area contributed by atoms with Gasteiger partial charge in [0.15, 0.2) is 0 Å². The molecule has 3 nitrogen and oxygen atoms in total. The van der Waals surface area contributed by atoms with E-state index in [0.29, 0.717) is 0 Å². The fourth-order valence-corrected chi connectivity index (χ4v) is 2.92. The van der Waals surface area contributed by atoms with E-state index in [4.69, 9.17) is 13.3 Å². The summed E-state index contributed by atoms with van der Waals surface area (Å²) < 4.78 is 16.7. The second-order valence-electron chi connectivity index (χ2n) is 4.69. The summed E-state index contributed by atoms with van der Waals surface area (Å²) in [5, 5.41) is 6.37. The molecule has 0 saturated carbocycles. The lowest BCUT2D eigenvalue weighted by Gasteiger charge is -2.02. The molecule has 0 aliphatic rings. The van der Waals surface area contributed by atoms with Crippen LogP contribution in [0.25, 0.3) is 43.5 Å². The highest BCUT2D eigenvalue weighted by molar-refractivity contribution is 6.28. The van der Waals surface area contributed by atoms with Gasteiger partial charge in [0, 0.05) is 32.3 Å². The molecule has 0 N–H and O–H groups in total. The van der Waals surface area contributed by atoms with Crippen LogP contribution in [0.15, 0.2) is 62.6 Å². The first-order chi connectivity index (χ1) is 9.43. The van der Waals surface area contributed by atoms with Crippen LogP contribution in [0.5, 0.6) is 0 Å². The summed E-state index contributed by atoms with van der Waals surface area (Å²) >= 11 is 0. The molecule has 0 spiro atoms. The van der Waals surface area contributed by atoms with Crippen molar-refractivity contribution in [3.05, 3.63) is 49.3 Å².